The summed E-state index contributed by atoms with van der Waals surface area (Å²) in [6.07, 6.45) is 9.92. The van der Waals surface area contributed by atoms with Crippen LogP contribution in [0, 0.1) is 0 Å². The van der Waals surface area contributed by atoms with Crippen LogP contribution < -0.4 is 20.1 Å². The third kappa shape index (κ3) is 6.91. The lowest BCUT2D eigenvalue weighted by Gasteiger charge is -2.34. The smallest absolute Gasteiger partial charge is 0.317 e. The van der Waals surface area contributed by atoms with E-state index in [9.17, 15) is 9.59 Å². The first-order chi connectivity index (χ1) is 15.1. The van der Waals surface area contributed by atoms with Gasteiger partial charge in [-0.2, -0.15) is 0 Å². The highest BCUT2D eigenvalue weighted by Gasteiger charge is 2.26. The molecular formula is C24H35N3O4. The van der Waals surface area contributed by atoms with Crippen LogP contribution in [0.5, 0.6) is 11.5 Å². The van der Waals surface area contributed by atoms with Gasteiger partial charge in [0.05, 0.1) is 7.11 Å². The number of hydrogen-bond donors (Lipinski definition) is 2. The lowest BCUT2D eigenvalue weighted by molar-refractivity contribution is -0.124. The number of nitrogens with one attached hydrogen (secondary N) is 2. The third-order valence-electron chi connectivity index (χ3n) is 6.05. The van der Waals surface area contributed by atoms with E-state index in [1.807, 2.05) is 29.2 Å². The van der Waals surface area contributed by atoms with Crippen molar-refractivity contribution >= 4 is 11.9 Å². The largest absolute Gasteiger partial charge is 0.493 e. The highest BCUT2D eigenvalue weighted by Crippen LogP contribution is 2.28. The fraction of sp³-hybridized carbons (Fsp3) is 0.583. The van der Waals surface area contributed by atoms with Crippen molar-refractivity contribution in [1.82, 2.24) is 15.5 Å². The van der Waals surface area contributed by atoms with Crippen LogP contribution in [0.15, 0.2) is 30.9 Å². The van der Waals surface area contributed by atoms with E-state index in [0.29, 0.717) is 30.6 Å². The van der Waals surface area contributed by atoms with E-state index in [0.717, 1.165) is 37.7 Å². The Kier molecular flexibility index (Phi) is 8.62. The molecule has 170 valence electrons. The Morgan fingerprint density at radius 2 is 1.77 bits per heavy atom. The number of rotatable bonds is 8. The first-order valence-electron chi connectivity index (χ1n) is 11.3. The predicted octanol–water partition coefficient (Wildman–Crippen LogP) is 3.43. The molecule has 2 N–H and O–H groups in total. The number of benzene rings is 1. The van der Waals surface area contributed by atoms with Gasteiger partial charge in [0.2, 0.25) is 0 Å². The maximum atomic E-state index is 12.5. The van der Waals surface area contributed by atoms with Crippen molar-refractivity contribution in [3.63, 3.8) is 0 Å². The summed E-state index contributed by atoms with van der Waals surface area (Å²) in [7, 11) is 1.58. The minimum atomic E-state index is -0.165. The van der Waals surface area contributed by atoms with E-state index in [4.69, 9.17) is 9.47 Å². The number of urea groups is 1. The molecule has 0 bridgehead atoms. The molecule has 0 radical (unpaired) electrons. The number of ether oxygens (including phenoxy) is 2. The highest BCUT2D eigenvalue weighted by atomic mass is 16.5. The van der Waals surface area contributed by atoms with Crippen molar-refractivity contribution in [1.29, 1.82) is 0 Å². The summed E-state index contributed by atoms with van der Waals surface area (Å²) in [4.78, 5) is 26.7. The fourth-order valence-electron chi connectivity index (χ4n) is 4.28. The van der Waals surface area contributed by atoms with Gasteiger partial charge < -0.3 is 25.0 Å². The second kappa shape index (κ2) is 11.6. The molecule has 0 spiro atoms. The Morgan fingerprint density at radius 1 is 1.06 bits per heavy atom. The van der Waals surface area contributed by atoms with Crippen molar-refractivity contribution in [3.8, 4) is 11.5 Å². The molecule has 1 saturated heterocycles. The van der Waals surface area contributed by atoms with Crippen LogP contribution in [-0.4, -0.2) is 55.7 Å². The zero-order valence-corrected chi connectivity index (χ0v) is 18.5. The maximum absolute atomic E-state index is 12.5. The summed E-state index contributed by atoms with van der Waals surface area (Å²) < 4.78 is 11.0. The average Bonchev–Trinajstić information content (AvgIpc) is 2.79. The molecule has 7 heteroatoms. The minimum absolute atomic E-state index is 0.0343. The average molecular weight is 430 g/mol. The van der Waals surface area contributed by atoms with Gasteiger partial charge in [0.25, 0.3) is 5.91 Å². The summed E-state index contributed by atoms with van der Waals surface area (Å²) >= 11 is 0. The standard InChI is InChI=1S/C24H35N3O4/c1-3-7-18-10-11-21(22(16-18)30-2)31-17-23(28)25-20-12-14-27(15-13-20)24(29)26-19-8-5-4-6-9-19/h3,10-11,16,19-20H,1,4-9,12-15,17H2,2H3,(H,25,28)(H,26,29). The first kappa shape index (κ1) is 23.0. The van der Waals surface area contributed by atoms with Crippen molar-refractivity contribution in [2.45, 2.75) is 63.5 Å². The van der Waals surface area contributed by atoms with Crippen molar-refractivity contribution in [2.75, 3.05) is 26.8 Å². The molecule has 1 heterocycles. The van der Waals surface area contributed by atoms with Crippen LogP contribution >= 0.6 is 0 Å². The number of carbonyl (C=O) groups is 2. The van der Waals surface area contributed by atoms with Gasteiger partial charge in [0.15, 0.2) is 18.1 Å². The quantitative estimate of drug-likeness (QED) is 0.621. The Hall–Kier alpha value is -2.70. The molecule has 0 aromatic heterocycles. The molecule has 2 aliphatic rings. The van der Waals surface area contributed by atoms with Gasteiger partial charge in [0, 0.05) is 25.2 Å². The Morgan fingerprint density at radius 3 is 2.45 bits per heavy atom. The van der Waals surface area contributed by atoms with Crippen molar-refractivity contribution in [2.24, 2.45) is 0 Å². The molecule has 3 amide bonds. The molecular weight excluding hydrogens is 394 g/mol. The van der Waals surface area contributed by atoms with Gasteiger partial charge in [0.1, 0.15) is 0 Å². The molecule has 2 fully saturated rings. The van der Waals surface area contributed by atoms with Gasteiger partial charge in [-0.05, 0) is 49.8 Å². The van der Waals surface area contributed by atoms with E-state index in [1.165, 1.54) is 19.3 Å². The lowest BCUT2D eigenvalue weighted by Crippen LogP contribution is -2.52. The normalized spacial score (nSPS) is 17.6. The van der Waals surface area contributed by atoms with Crippen molar-refractivity contribution < 1.29 is 19.1 Å². The molecule has 3 rings (SSSR count). The Balaban J connectivity index is 1.39. The number of hydrogen-bond acceptors (Lipinski definition) is 4. The summed E-state index contributed by atoms with van der Waals surface area (Å²) in [6.45, 7) is 4.98. The number of methoxy groups -OCH3 is 1. The summed E-state index contributed by atoms with van der Waals surface area (Å²) in [5.41, 5.74) is 1.07. The zero-order valence-electron chi connectivity index (χ0n) is 18.5. The summed E-state index contributed by atoms with van der Waals surface area (Å²) in [6, 6.07) is 6.06. The topological polar surface area (TPSA) is 79.9 Å². The van der Waals surface area contributed by atoms with Gasteiger partial charge in [-0.15, -0.1) is 6.58 Å². The van der Waals surface area contributed by atoms with Crippen LogP contribution in [0.2, 0.25) is 0 Å². The summed E-state index contributed by atoms with van der Waals surface area (Å²) in [5.74, 6) is 0.978. The monoisotopic (exact) mass is 429 g/mol. The molecule has 31 heavy (non-hydrogen) atoms. The van der Waals surface area contributed by atoms with E-state index < -0.39 is 0 Å². The molecule has 1 aliphatic heterocycles. The number of allylic oxidation sites excluding steroid dienone is 1. The Bertz CT molecular complexity index is 753. The van der Waals surface area contributed by atoms with E-state index in [1.54, 1.807) is 7.11 Å². The highest BCUT2D eigenvalue weighted by molar-refractivity contribution is 5.78. The minimum Gasteiger partial charge on any atom is -0.493 e. The van der Waals surface area contributed by atoms with Crippen LogP contribution in [0.4, 0.5) is 4.79 Å². The first-order valence-corrected chi connectivity index (χ1v) is 11.3. The second-order valence-corrected chi connectivity index (χ2v) is 8.38. The SMILES string of the molecule is C=CCc1ccc(OCC(=O)NC2CCN(C(=O)NC3CCCCC3)CC2)c(OC)c1. The number of likely N-dealkylation sites (tertiary alicyclic amines) is 1. The maximum Gasteiger partial charge on any atom is 0.317 e. The van der Waals surface area contributed by atoms with Gasteiger partial charge in [-0.25, -0.2) is 4.79 Å². The number of piperidine rings is 1. The van der Waals surface area contributed by atoms with Crippen LogP contribution in [-0.2, 0) is 11.2 Å². The molecule has 0 unspecified atom stereocenters. The molecule has 1 saturated carbocycles. The van der Waals surface area contributed by atoms with E-state index in [-0.39, 0.29) is 24.6 Å². The Labute approximate surface area is 185 Å². The van der Waals surface area contributed by atoms with E-state index >= 15 is 0 Å². The molecule has 1 aromatic rings. The van der Waals surface area contributed by atoms with Crippen LogP contribution in [0.25, 0.3) is 0 Å². The molecule has 7 nitrogen and oxygen atoms in total. The number of carbonyl (C=O) groups excluding carboxylic acids is 2. The predicted molar refractivity (Wildman–Crippen MR) is 121 cm³/mol. The van der Waals surface area contributed by atoms with Gasteiger partial charge >= 0.3 is 6.03 Å². The van der Waals surface area contributed by atoms with Gasteiger partial charge in [-0.3, -0.25) is 4.79 Å². The summed E-state index contributed by atoms with van der Waals surface area (Å²) in [5, 5.41) is 6.19. The second-order valence-electron chi connectivity index (χ2n) is 8.38. The third-order valence-corrected chi connectivity index (χ3v) is 6.05. The van der Waals surface area contributed by atoms with Crippen LogP contribution in [0.1, 0.15) is 50.5 Å². The fourth-order valence-corrected chi connectivity index (χ4v) is 4.28. The molecule has 0 atom stereocenters. The lowest BCUT2D eigenvalue weighted by atomic mass is 9.95. The molecule has 1 aliphatic carbocycles. The van der Waals surface area contributed by atoms with Gasteiger partial charge in [-0.1, -0.05) is 31.4 Å². The zero-order chi connectivity index (χ0) is 22.1. The van der Waals surface area contributed by atoms with E-state index in [2.05, 4.69) is 17.2 Å². The van der Waals surface area contributed by atoms with Crippen molar-refractivity contribution in [3.05, 3.63) is 36.4 Å². The van der Waals surface area contributed by atoms with Crippen LogP contribution in [0.3, 0.4) is 0 Å². The number of amides is 3. The molecule has 1 aromatic carbocycles. The number of nitrogens with zero attached hydrogens (tertiary/aromatic N) is 1.